The van der Waals surface area contributed by atoms with E-state index in [2.05, 4.69) is 0 Å². The molecule has 0 aliphatic carbocycles. The van der Waals surface area contributed by atoms with Crippen LogP contribution >= 0.6 is 23.2 Å². The number of esters is 1. The van der Waals surface area contributed by atoms with Gasteiger partial charge in [-0.15, -0.1) is 0 Å². The molecule has 1 atom stereocenters. The number of carbonyl (C=O) groups excluding carboxylic acids is 1. The summed E-state index contributed by atoms with van der Waals surface area (Å²) in [6.45, 7) is -0.511. The highest BCUT2D eigenvalue weighted by Crippen LogP contribution is 2.42. The smallest absolute Gasteiger partial charge is 0.340 e. The highest BCUT2D eigenvalue weighted by molar-refractivity contribution is 6.42. The Morgan fingerprint density at radius 3 is 2.65 bits per heavy atom. The van der Waals surface area contributed by atoms with E-state index in [1.165, 1.54) is 19.2 Å². The topological polar surface area (TPSA) is 112 Å². The average molecular weight is 398 g/mol. The van der Waals surface area contributed by atoms with Gasteiger partial charge < -0.3 is 24.7 Å². The number of methoxy groups -OCH3 is 1. The normalized spacial score (nSPS) is 16.1. The van der Waals surface area contributed by atoms with Crippen molar-refractivity contribution < 1.29 is 23.8 Å². The Labute approximate surface area is 157 Å². The molecule has 0 fully saturated rings. The minimum atomic E-state index is -0.930. The van der Waals surface area contributed by atoms with Gasteiger partial charge in [0.15, 0.2) is 5.76 Å². The van der Waals surface area contributed by atoms with Crippen LogP contribution < -0.4 is 15.9 Å². The van der Waals surface area contributed by atoms with E-state index in [0.717, 1.165) is 6.07 Å². The van der Waals surface area contributed by atoms with Crippen LogP contribution in [0.4, 0.5) is 0 Å². The van der Waals surface area contributed by atoms with Gasteiger partial charge in [-0.3, -0.25) is 4.79 Å². The van der Waals surface area contributed by atoms with Crippen LogP contribution in [0.1, 0.15) is 23.0 Å². The van der Waals surface area contributed by atoms with Crippen molar-refractivity contribution in [2.45, 2.75) is 12.5 Å². The van der Waals surface area contributed by atoms with Crippen LogP contribution in [-0.2, 0) is 16.1 Å². The lowest BCUT2D eigenvalue weighted by molar-refractivity contribution is -0.136. The zero-order valence-electron chi connectivity index (χ0n) is 13.4. The SMILES string of the molecule is COC(=O)C1=C(N)Oc2c(oc(CO)cc2=O)[C@H]1c1ccc(Cl)c(Cl)c1. The van der Waals surface area contributed by atoms with Crippen LogP contribution in [-0.4, -0.2) is 18.2 Å². The van der Waals surface area contributed by atoms with E-state index in [9.17, 15) is 14.7 Å². The van der Waals surface area contributed by atoms with Crippen LogP contribution in [0, 0.1) is 0 Å². The molecular formula is C17H13Cl2NO6. The summed E-state index contributed by atoms with van der Waals surface area (Å²) in [7, 11) is 1.18. The fraction of sp³-hybridized carbons (Fsp3) is 0.176. The van der Waals surface area contributed by atoms with E-state index in [1.54, 1.807) is 6.07 Å². The summed E-state index contributed by atoms with van der Waals surface area (Å²) in [5.41, 5.74) is 5.74. The third kappa shape index (κ3) is 3.05. The van der Waals surface area contributed by atoms with Crippen molar-refractivity contribution in [1.82, 2.24) is 0 Å². The number of carbonyl (C=O) groups is 1. The summed E-state index contributed by atoms with van der Waals surface area (Å²) < 4.78 is 15.7. The Morgan fingerprint density at radius 1 is 1.31 bits per heavy atom. The lowest BCUT2D eigenvalue weighted by Gasteiger charge is -2.26. The maximum atomic E-state index is 12.3. The minimum Gasteiger partial charge on any atom is -0.465 e. The molecule has 1 aromatic heterocycles. The van der Waals surface area contributed by atoms with Gasteiger partial charge in [0.2, 0.25) is 17.1 Å². The predicted molar refractivity (Wildman–Crippen MR) is 93.1 cm³/mol. The number of nitrogens with two attached hydrogens (primary N) is 1. The number of benzene rings is 1. The highest BCUT2D eigenvalue weighted by Gasteiger charge is 2.39. The molecule has 9 heteroatoms. The molecule has 1 aliphatic heterocycles. The Balaban J connectivity index is 2.32. The molecule has 2 aromatic rings. The molecule has 0 spiro atoms. The van der Waals surface area contributed by atoms with Crippen molar-refractivity contribution in [3.63, 3.8) is 0 Å². The van der Waals surface area contributed by atoms with Gasteiger partial charge in [0.25, 0.3) is 0 Å². The van der Waals surface area contributed by atoms with Gasteiger partial charge in [-0.25, -0.2) is 4.79 Å². The van der Waals surface area contributed by atoms with E-state index < -0.39 is 23.9 Å². The van der Waals surface area contributed by atoms with Gasteiger partial charge in [0.1, 0.15) is 17.9 Å². The Morgan fingerprint density at radius 2 is 2.04 bits per heavy atom. The van der Waals surface area contributed by atoms with Crippen molar-refractivity contribution in [1.29, 1.82) is 0 Å². The molecule has 0 saturated heterocycles. The van der Waals surface area contributed by atoms with Gasteiger partial charge in [-0.1, -0.05) is 29.3 Å². The number of hydrogen-bond acceptors (Lipinski definition) is 7. The van der Waals surface area contributed by atoms with Gasteiger partial charge in [0.05, 0.1) is 23.1 Å². The molecule has 2 heterocycles. The lowest BCUT2D eigenvalue weighted by atomic mass is 9.86. The second-order valence-corrected chi connectivity index (χ2v) is 6.22. The van der Waals surface area contributed by atoms with Crippen LogP contribution in [0.2, 0.25) is 10.0 Å². The quantitative estimate of drug-likeness (QED) is 0.763. The van der Waals surface area contributed by atoms with E-state index in [0.29, 0.717) is 10.6 Å². The van der Waals surface area contributed by atoms with Crippen molar-refractivity contribution in [2.24, 2.45) is 5.73 Å². The highest BCUT2D eigenvalue weighted by atomic mass is 35.5. The molecule has 3 N–H and O–H groups in total. The van der Waals surface area contributed by atoms with Gasteiger partial charge in [0, 0.05) is 6.07 Å². The van der Waals surface area contributed by atoms with Crippen molar-refractivity contribution in [3.05, 3.63) is 73.1 Å². The first kappa shape index (κ1) is 18.3. The first-order valence-corrected chi connectivity index (χ1v) is 8.11. The van der Waals surface area contributed by atoms with E-state index in [1.807, 2.05) is 0 Å². The molecule has 0 unspecified atom stereocenters. The fourth-order valence-electron chi connectivity index (χ4n) is 2.70. The van der Waals surface area contributed by atoms with Crippen LogP contribution in [0.25, 0.3) is 0 Å². The number of fused-ring (bicyclic) bond motifs is 1. The zero-order chi connectivity index (χ0) is 19.0. The molecule has 1 aromatic carbocycles. The molecule has 3 rings (SSSR count). The Kier molecular flexibility index (Phi) is 4.95. The molecule has 0 bridgehead atoms. The van der Waals surface area contributed by atoms with Crippen LogP contribution in [0.3, 0.4) is 0 Å². The molecule has 26 heavy (non-hydrogen) atoms. The standard InChI is InChI=1S/C17H13Cl2NO6/c1-24-17(23)13-12(7-2-3-9(18)10(19)4-7)15-14(26-16(13)20)11(22)5-8(6-21)25-15/h2-5,12,21H,6,20H2,1H3/t12-/m0/s1. The summed E-state index contributed by atoms with van der Waals surface area (Å²) in [6.07, 6.45) is 0. The van der Waals surface area contributed by atoms with Gasteiger partial charge in [-0.2, -0.15) is 0 Å². The Hall–Kier alpha value is -2.48. The third-order valence-corrected chi connectivity index (χ3v) is 4.59. The maximum absolute atomic E-state index is 12.3. The number of ether oxygens (including phenoxy) is 2. The van der Waals surface area contributed by atoms with E-state index in [4.69, 9.17) is 42.8 Å². The van der Waals surface area contributed by atoms with Crippen molar-refractivity contribution in [2.75, 3.05) is 7.11 Å². The predicted octanol–water partition coefficient (Wildman–Crippen LogP) is 2.31. The zero-order valence-corrected chi connectivity index (χ0v) is 14.9. The Bertz CT molecular complexity index is 982. The van der Waals surface area contributed by atoms with E-state index in [-0.39, 0.29) is 33.7 Å². The molecule has 1 aliphatic rings. The van der Waals surface area contributed by atoms with Crippen molar-refractivity contribution in [3.8, 4) is 5.75 Å². The molecular weight excluding hydrogens is 385 g/mol. The first-order valence-electron chi connectivity index (χ1n) is 7.35. The van der Waals surface area contributed by atoms with Crippen LogP contribution in [0.5, 0.6) is 5.75 Å². The largest absolute Gasteiger partial charge is 0.465 e. The first-order chi connectivity index (χ1) is 12.4. The number of halogens is 2. The number of rotatable bonds is 3. The summed E-state index contributed by atoms with van der Waals surface area (Å²) in [5.74, 6) is -2.14. The maximum Gasteiger partial charge on any atom is 0.340 e. The molecule has 136 valence electrons. The van der Waals surface area contributed by atoms with Crippen LogP contribution in [0.15, 0.2) is 44.9 Å². The molecule has 0 amide bonds. The second-order valence-electron chi connectivity index (χ2n) is 5.41. The lowest BCUT2D eigenvalue weighted by Crippen LogP contribution is -2.29. The summed E-state index contributed by atoms with van der Waals surface area (Å²) >= 11 is 12.0. The second kappa shape index (κ2) is 7.03. The molecule has 7 nitrogen and oxygen atoms in total. The molecule has 0 radical (unpaired) electrons. The number of aliphatic hydroxyl groups is 1. The average Bonchev–Trinajstić information content (AvgIpc) is 2.62. The fourth-order valence-corrected chi connectivity index (χ4v) is 3.00. The summed E-state index contributed by atoms with van der Waals surface area (Å²) in [6, 6.07) is 5.75. The molecule has 0 saturated carbocycles. The number of hydrogen-bond donors (Lipinski definition) is 2. The van der Waals surface area contributed by atoms with E-state index >= 15 is 0 Å². The summed E-state index contributed by atoms with van der Waals surface area (Å²) in [4.78, 5) is 24.6. The van der Waals surface area contributed by atoms with Gasteiger partial charge >= 0.3 is 5.97 Å². The third-order valence-electron chi connectivity index (χ3n) is 3.85. The minimum absolute atomic E-state index is 0.00657. The summed E-state index contributed by atoms with van der Waals surface area (Å²) in [5, 5.41) is 9.88. The van der Waals surface area contributed by atoms with Gasteiger partial charge in [-0.05, 0) is 17.7 Å². The number of aliphatic hydroxyl groups excluding tert-OH is 1. The monoisotopic (exact) mass is 397 g/mol. The van der Waals surface area contributed by atoms with Crippen molar-refractivity contribution >= 4 is 29.2 Å².